The Morgan fingerprint density at radius 1 is 1.06 bits per heavy atom. The van der Waals surface area contributed by atoms with Gasteiger partial charge in [-0.25, -0.2) is 9.97 Å². The molecule has 154 valence electrons. The van der Waals surface area contributed by atoms with Gasteiger partial charge < -0.3 is 11.1 Å². The predicted molar refractivity (Wildman–Crippen MR) is 119 cm³/mol. The number of nitrogen functional groups attached to an aromatic ring is 1. The van der Waals surface area contributed by atoms with Crippen LogP contribution in [0.1, 0.15) is 47.2 Å². The van der Waals surface area contributed by atoms with Crippen molar-refractivity contribution < 1.29 is 4.79 Å². The van der Waals surface area contributed by atoms with E-state index in [0.29, 0.717) is 23.6 Å². The molecule has 0 unspecified atom stereocenters. The van der Waals surface area contributed by atoms with Crippen LogP contribution in [0.25, 0.3) is 22.5 Å². The average Bonchev–Trinajstić information content (AvgIpc) is 3.30. The summed E-state index contributed by atoms with van der Waals surface area (Å²) in [6, 6.07) is 16.3. The zero-order valence-electron chi connectivity index (χ0n) is 17.2. The number of anilines is 1. The van der Waals surface area contributed by atoms with E-state index in [4.69, 9.17) is 10.7 Å². The SMILES string of the molecule is N#CC1(c2ccc(-c3cnc(N)c(-c4ccc5c(c4)CCNC5=O)n3)cc2)CCCC1. The second kappa shape index (κ2) is 7.51. The molecule has 2 aliphatic rings. The molecule has 1 amide bonds. The highest BCUT2D eigenvalue weighted by Gasteiger charge is 2.35. The summed E-state index contributed by atoms with van der Waals surface area (Å²) in [4.78, 5) is 21.2. The fraction of sp³-hybridized carbons (Fsp3) is 0.280. The molecule has 1 fully saturated rings. The van der Waals surface area contributed by atoms with E-state index in [1.807, 2.05) is 42.5 Å². The molecule has 1 saturated carbocycles. The number of hydrogen-bond acceptors (Lipinski definition) is 5. The average molecular weight is 409 g/mol. The molecule has 31 heavy (non-hydrogen) atoms. The minimum atomic E-state index is -0.355. The molecule has 1 aromatic heterocycles. The quantitative estimate of drug-likeness (QED) is 0.680. The molecule has 1 aliphatic carbocycles. The predicted octanol–water partition coefficient (Wildman–Crippen LogP) is 4.01. The Balaban J connectivity index is 1.49. The molecule has 0 radical (unpaired) electrons. The molecule has 3 N–H and O–H groups in total. The second-order valence-corrected chi connectivity index (χ2v) is 8.35. The number of carbonyl (C=O) groups excluding carboxylic acids is 1. The van der Waals surface area contributed by atoms with Gasteiger partial charge >= 0.3 is 0 Å². The molecule has 5 rings (SSSR count). The first-order valence-corrected chi connectivity index (χ1v) is 10.7. The zero-order valence-corrected chi connectivity index (χ0v) is 17.2. The van der Waals surface area contributed by atoms with Crippen LogP contribution in [0.15, 0.2) is 48.7 Å². The third-order valence-corrected chi connectivity index (χ3v) is 6.51. The van der Waals surface area contributed by atoms with Crippen LogP contribution in [0.4, 0.5) is 5.82 Å². The summed E-state index contributed by atoms with van der Waals surface area (Å²) in [6.07, 6.45) is 6.50. The number of hydrogen-bond donors (Lipinski definition) is 2. The van der Waals surface area contributed by atoms with Crippen molar-refractivity contribution in [3.63, 3.8) is 0 Å². The van der Waals surface area contributed by atoms with Gasteiger partial charge in [0, 0.05) is 23.2 Å². The van der Waals surface area contributed by atoms with Gasteiger partial charge in [-0.3, -0.25) is 4.79 Å². The van der Waals surface area contributed by atoms with Crippen LogP contribution in [0, 0.1) is 11.3 Å². The van der Waals surface area contributed by atoms with Gasteiger partial charge in [-0.15, -0.1) is 0 Å². The highest BCUT2D eigenvalue weighted by molar-refractivity contribution is 5.97. The lowest BCUT2D eigenvalue weighted by atomic mass is 9.80. The fourth-order valence-electron chi connectivity index (χ4n) is 4.73. The molecule has 0 spiro atoms. The number of carbonyl (C=O) groups is 1. The third-order valence-electron chi connectivity index (χ3n) is 6.51. The number of nitrogens with one attached hydrogen (secondary N) is 1. The smallest absolute Gasteiger partial charge is 0.251 e. The van der Waals surface area contributed by atoms with E-state index in [-0.39, 0.29) is 11.3 Å². The van der Waals surface area contributed by atoms with E-state index in [2.05, 4.69) is 16.4 Å². The Hall–Kier alpha value is -3.72. The first-order chi connectivity index (χ1) is 15.1. The Bertz CT molecular complexity index is 1200. The van der Waals surface area contributed by atoms with Crippen LogP contribution in [-0.2, 0) is 11.8 Å². The lowest BCUT2D eigenvalue weighted by molar-refractivity contribution is 0.0946. The van der Waals surface area contributed by atoms with Crippen LogP contribution >= 0.6 is 0 Å². The number of rotatable bonds is 3. The molecule has 6 nitrogen and oxygen atoms in total. The number of benzene rings is 2. The van der Waals surface area contributed by atoms with Gasteiger partial charge in [0.1, 0.15) is 11.5 Å². The highest BCUT2D eigenvalue weighted by Crippen LogP contribution is 2.41. The minimum absolute atomic E-state index is 0.0434. The Morgan fingerprint density at radius 3 is 2.55 bits per heavy atom. The first kappa shape index (κ1) is 19.3. The second-order valence-electron chi connectivity index (χ2n) is 8.35. The molecule has 2 aromatic carbocycles. The Kier molecular flexibility index (Phi) is 4.67. The number of nitriles is 1. The van der Waals surface area contributed by atoms with E-state index in [9.17, 15) is 10.1 Å². The van der Waals surface area contributed by atoms with Crippen LogP contribution in [0.5, 0.6) is 0 Å². The number of nitrogens with zero attached hydrogens (tertiary/aromatic N) is 3. The van der Waals surface area contributed by atoms with Gasteiger partial charge in [0.25, 0.3) is 5.91 Å². The summed E-state index contributed by atoms with van der Waals surface area (Å²) in [7, 11) is 0. The Labute approximate surface area is 181 Å². The van der Waals surface area contributed by atoms with E-state index in [1.54, 1.807) is 6.20 Å². The molecule has 0 atom stereocenters. The fourth-order valence-corrected chi connectivity index (χ4v) is 4.73. The summed E-state index contributed by atoms with van der Waals surface area (Å²) in [5.41, 5.74) is 11.7. The maximum absolute atomic E-state index is 12.0. The molecular weight excluding hydrogens is 386 g/mol. The number of fused-ring (bicyclic) bond motifs is 1. The van der Waals surface area contributed by atoms with Crippen LogP contribution in [0.2, 0.25) is 0 Å². The Morgan fingerprint density at radius 2 is 1.81 bits per heavy atom. The van der Waals surface area contributed by atoms with Crippen molar-refractivity contribution >= 4 is 11.7 Å². The molecule has 6 heteroatoms. The van der Waals surface area contributed by atoms with Gasteiger partial charge in [-0.1, -0.05) is 43.2 Å². The normalized spacial score (nSPS) is 16.9. The van der Waals surface area contributed by atoms with E-state index in [0.717, 1.165) is 60.1 Å². The molecule has 3 aromatic rings. The van der Waals surface area contributed by atoms with Crippen molar-refractivity contribution in [3.05, 3.63) is 65.4 Å². The van der Waals surface area contributed by atoms with Gasteiger partial charge in [0.15, 0.2) is 0 Å². The minimum Gasteiger partial charge on any atom is -0.382 e. The molecule has 2 heterocycles. The highest BCUT2D eigenvalue weighted by atomic mass is 16.1. The molecule has 0 bridgehead atoms. The van der Waals surface area contributed by atoms with E-state index < -0.39 is 0 Å². The van der Waals surface area contributed by atoms with Crippen molar-refractivity contribution in [2.24, 2.45) is 0 Å². The summed E-state index contributed by atoms with van der Waals surface area (Å²) < 4.78 is 0. The van der Waals surface area contributed by atoms with E-state index >= 15 is 0 Å². The molecule has 0 saturated heterocycles. The third kappa shape index (κ3) is 3.32. The van der Waals surface area contributed by atoms with Crippen molar-refractivity contribution in [3.8, 4) is 28.6 Å². The zero-order chi connectivity index (χ0) is 21.4. The topological polar surface area (TPSA) is 105 Å². The van der Waals surface area contributed by atoms with Gasteiger partial charge in [0.05, 0.1) is 23.4 Å². The lowest BCUT2D eigenvalue weighted by Gasteiger charge is -2.21. The molecule has 1 aliphatic heterocycles. The van der Waals surface area contributed by atoms with Crippen molar-refractivity contribution in [2.45, 2.75) is 37.5 Å². The van der Waals surface area contributed by atoms with Gasteiger partial charge in [-0.05, 0) is 42.5 Å². The van der Waals surface area contributed by atoms with Crippen molar-refractivity contribution in [1.29, 1.82) is 5.26 Å². The summed E-state index contributed by atoms with van der Waals surface area (Å²) >= 11 is 0. The maximum atomic E-state index is 12.0. The first-order valence-electron chi connectivity index (χ1n) is 10.7. The van der Waals surface area contributed by atoms with Gasteiger partial charge in [-0.2, -0.15) is 5.26 Å². The maximum Gasteiger partial charge on any atom is 0.251 e. The van der Waals surface area contributed by atoms with Crippen LogP contribution < -0.4 is 11.1 Å². The number of amides is 1. The largest absolute Gasteiger partial charge is 0.382 e. The van der Waals surface area contributed by atoms with E-state index in [1.165, 1.54) is 0 Å². The standard InChI is InChI=1S/C25H23N5O/c26-15-25(10-1-2-11-25)19-6-3-16(4-7-19)21-14-29-23(27)22(30-21)18-5-8-20-17(13-18)9-12-28-24(20)31/h3-8,13-14H,1-2,9-12H2,(H2,27,29)(H,28,31). The number of nitrogens with two attached hydrogens (primary N) is 1. The van der Waals surface area contributed by atoms with Crippen LogP contribution in [0.3, 0.4) is 0 Å². The summed E-state index contributed by atoms with van der Waals surface area (Å²) in [6.45, 7) is 0.632. The summed E-state index contributed by atoms with van der Waals surface area (Å²) in [5.74, 6) is 0.313. The van der Waals surface area contributed by atoms with Crippen molar-refractivity contribution in [2.75, 3.05) is 12.3 Å². The lowest BCUT2D eigenvalue weighted by Crippen LogP contribution is -2.31. The summed E-state index contributed by atoms with van der Waals surface area (Å²) in [5, 5.41) is 12.6. The molecular formula is C25H23N5O. The monoisotopic (exact) mass is 409 g/mol. The van der Waals surface area contributed by atoms with Crippen molar-refractivity contribution in [1.82, 2.24) is 15.3 Å². The number of aromatic nitrogens is 2. The van der Waals surface area contributed by atoms with Gasteiger partial charge in [0.2, 0.25) is 0 Å². The van der Waals surface area contributed by atoms with Crippen LogP contribution in [-0.4, -0.2) is 22.4 Å².